The molecule has 0 amide bonds. The van der Waals surface area contributed by atoms with Crippen molar-refractivity contribution >= 4 is 0 Å². The van der Waals surface area contributed by atoms with Crippen molar-refractivity contribution in [2.75, 3.05) is 0 Å². The van der Waals surface area contributed by atoms with Crippen molar-refractivity contribution in [3.05, 3.63) is 94.8 Å². The van der Waals surface area contributed by atoms with E-state index in [9.17, 15) is 0 Å². The molecule has 3 nitrogen and oxygen atoms in total. The Labute approximate surface area is 169 Å². The van der Waals surface area contributed by atoms with Crippen LogP contribution in [0, 0.1) is 20.8 Å². The van der Waals surface area contributed by atoms with Crippen LogP contribution in [0.2, 0.25) is 0 Å². The summed E-state index contributed by atoms with van der Waals surface area (Å²) < 4.78 is 11.5. The minimum absolute atomic E-state index is 0.436. The molecule has 29 heavy (non-hydrogen) atoms. The Morgan fingerprint density at radius 1 is 0.655 bits per heavy atom. The predicted molar refractivity (Wildman–Crippen MR) is 110 cm³/mol. The van der Waals surface area contributed by atoms with Crippen molar-refractivity contribution in [1.29, 1.82) is 0 Å². The lowest BCUT2D eigenvalue weighted by Crippen LogP contribution is -2.71. The van der Waals surface area contributed by atoms with E-state index >= 15 is 0 Å². The maximum atomic E-state index is 6.58. The molecule has 0 aliphatic carbocycles. The van der Waals surface area contributed by atoms with Gasteiger partial charge >= 0.3 is 5.66 Å². The van der Waals surface area contributed by atoms with Crippen molar-refractivity contribution in [1.82, 2.24) is 0 Å². The van der Waals surface area contributed by atoms with E-state index in [0.29, 0.717) is 0 Å². The Bertz CT molecular complexity index is 1420. The van der Waals surface area contributed by atoms with Crippen LogP contribution in [0.15, 0.2) is 67.0 Å². The van der Waals surface area contributed by atoms with Crippen LogP contribution in [0.5, 0.6) is 11.5 Å². The molecule has 0 saturated heterocycles. The quantitative estimate of drug-likeness (QED) is 0.355. The molecule has 2 aromatic carbocycles. The number of aryl methyl sites for hydroxylation is 3. The standard InChI is InChI=1S/C26H20N2O/c1-15-7-9-28-21(12-15)19-11-17(3)14-23-25(19)26(28)24-18(10-16(2)13-22(24)29-23)20-6-4-5-8-27(20)26/h4-14H,1-3H3/q+2. The molecule has 1 spiro atoms. The number of hydrogen-bond donors (Lipinski definition) is 0. The maximum absolute atomic E-state index is 6.58. The second-order valence-corrected chi connectivity index (χ2v) is 8.56. The van der Waals surface area contributed by atoms with Gasteiger partial charge in [-0.3, -0.25) is 0 Å². The monoisotopic (exact) mass is 376 g/mol. The van der Waals surface area contributed by atoms with Crippen molar-refractivity contribution < 1.29 is 13.9 Å². The van der Waals surface area contributed by atoms with Gasteiger partial charge in [0.1, 0.15) is 11.5 Å². The second kappa shape index (κ2) is 4.74. The zero-order valence-corrected chi connectivity index (χ0v) is 16.7. The molecule has 7 rings (SSSR count). The van der Waals surface area contributed by atoms with E-state index in [0.717, 1.165) is 11.5 Å². The van der Waals surface area contributed by atoms with E-state index in [-0.39, 0.29) is 0 Å². The highest BCUT2D eigenvalue weighted by Crippen LogP contribution is 2.57. The molecule has 0 radical (unpaired) electrons. The van der Waals surface area contributed by atoms with Gasteiger partial charge in [0.2, 0.25) is 11.4 Å². The predicted octanol–water partition coefficient (Wildman–Crippen LogP) is 4.55. The Balaban J connectivity index is 1.78. The third-order valence-electron chi connectivity index (χ3n) is 6.63. The molecular formula is C26H20N2O+2. The summed E-state index contributed by atoms with van der Waals surface area (Å²) >= 11 is 0. The lowest BCUT2D eigenvalue weighted by Gasteiger charge is -2.26. The van der Waals surface area contributed by atoms with Crippen molar-refractivity contribution in [3.8, 4) is 34.0 Å². The summed E-state index contributed by atoms with van der Waals surface area (Å²) in [6.07, 6.45) is 4.47. The fraction of sp³-hybridized carbons (Fsp3) is 0.154. The van der Waals surface area contributed by atoms with Gasteiger partial charge in [-0.15, -0.1) is 9.13 Å². The third-order valence-corrected chi connectivity index (χ3v) is 6.63. The first-order chi connectivity index (χ1) is 14.1. The largest absolute Gasteiger partial charge is 0.456 e. The number of ether oxygens (including phenoxy) is 1. The van der Waals surface area contributed by atoms with Gasteiger partial charge in [0.05, 0.1) is 11.1 Å². The first kappa shape index (κ1) is 15.5. The number of pyridine rings is 2. The molecule has 0 saturated carbocycles. The summed E-state index contributed by atoms with van der Waals surface area (Å²) in [6.45, 7) is 6.46. The van der Waals surface area contributed by atoms with E-state index < -0.39 is 5.66 Å². The fourth-order valence-corrected chi connectivity index (χ4v) is 5.67. The zero-order valence-electron chi connectivity index (χ0n) is 16.7. The summed E-state index contributed by atoms with van der Waals surface area (Å²) in [5.74, 6) is 1.93. The molecule has 3 aliphatic heterocycles. The Kier molecular flexibility index (Phi) is 2.53. The van der Waals surface area contributed by atoms with Gasteiger partial charge in [0, 0.05) is 24.3 Å². The minimum atomic E-state index is -0.436. The van der Waals surface area contributed by atoms with Crippen LogP contribution in [0.1, 0.15) is 27.8 Å². The van der Waals surface area contributed by atoms with Gasteiger partial charge in [-0.05, 0) is 67.8 Å². The third kappa shape index (κ3) is 1.59. The molecule has 0 bridgehead atoms. The van der Waals surface area contributed by atoms with Gasteiger partial charge in [-0.1, -0.05) is 0 Å². The molecule has 1 unspecified atom stereocenters. The lowest BCUT2D eigenvalue weighted by molar-refractivity contribution is -0.955. The van der Waals surface area contributed by atoms with Crippen LogP contribution < -0.4 is 13.9 Å². The van der Waals surface area contributed by atoms with Gasteiger partial charge in [0.15, 0.2) is 23.5 Å². The summed E-state index contributed by atoms with van der Waals surface area (Å²) in [6, 6.07) is 20.0. The maximum Gasteiger partial charge on any atom is 0.424 e. The van der Waals surface area contributed by atoms with Crippen molar-refractivity contribution in [2.24, 2.45) is 0 Å². The topological polar surface area (TPSA) is 17.0 Å². The number of rotatable bonds is 0. The highest BCUT2D eigenvalue weighted by Gasteiger charge is 2.70. The minimum Gasteiger partial charge on any atom is -0.456 e. The molecule has 0 N–H and O–H groups in total. The van der Waals surface area contributed by atoms with Crippen LogP contribution in [0.25, 0.3) is 22.5 Å². The molecule has 4 aromatic rings. The number of hydrogen-bond acceptors (Lipinski definition) is 1. The van der Waals surface area contributed by atoms with Crippen LogP contribution in [0.3, 0.4) is 0 Å². The normalized spacial score (nSPS) is 18.6. The van der Waals surface area contributed by atoms with Crippen LogP contribution in [-0.2, 0) is 5.66 Å². The molecular weight excluding hydrogens is 356 g/mol. The molecule has 2 aromatic heterocycles. The smallest absolute Gasteiger partial charge is 0.424 e. The average Bonchev–Trinajstić information content (AvgIpc) is 3.14. The molecule has 138 valence electrons. The van der Waals surface area contributed by atoms with Crippen LogP contribution in [-0.4, -0.2) is 0 Å². The highest BCUT2D eigenvalue weighted by molar-refractivity contribution is 5.81. The van der Waals surface area contributed by atoms with E-state index in [4.69, 9.17) is 4.74 Å². The Morgan fingerprint density at radius 2 is 1.31 bits per heavy atom. The number of nitrogens with zero attached hydrogens (tertiary/aromatic N) is 2. The van der Waals surface area contributed by atoms with Crippen LogP contribution >= 0.6 is 0 Å². The number of aromatic nitrogens is 2. The SMILES string of the molecule is Cc1cc2c3c(c1)-c1cccc[n+]1C31c3c(cc(C)cc3-c3cc(C)cc[n+]31)O2. The fourth-order valence-electron chi connectivity index (χ4n) is 5.67. The van der Waals surface area contributed by atoms with Gasteiger partial charge in [0.25, 0.3) is 0 Å². The average molecular weight is 376 g/mol. The first-order valence-electron chi connectivity index (χ1n) is 10.1. The second-order valence-electron chi connectivity index (χ2n) is 8.56. The van der Waals surface area contributed by atoms with E-state index in [1.807, 2.05) is 0 Å². The Morgan fingerprint density at radius 3 is 2.03 bits per heavy atom. The van der Waals surface area contributed by atoms with Gasteiger partial charge in [-0.2, -0.15) is 0 Å². The van der Waals surface area contributed by atoms with E-state index in [1.54, 1.807) is 0 Å². The molecule has 1 atom stereocenters. The van der Waals surface area contributed by atoms with E-state index in [1.165, 1.54) is 50.3 Å². The highest BCUT2D eigenvalue weighted by atomic mass is 16.5. The number of fused-ring (bicyclic) bond motifs is 4. The molecule has 3 aliphatic rings. The summed E-state index contributed by atoms with van der Waals surface area (Å²) in [5.41, 5.74) is 10.8. The zero-order chi connectivity index (χ0) is 19.5. The van der Waals surface area contributed by atoms with Crippen molar-refractivity contribution in [3.63, 3.8) is 0 Å². The van der Waals surface area contributed by atoms with Gasteiger partial charge < -0.3 is 4.74 Å². The van der Waals surface area contributed by atoms with Crippen LogP contribution in [0.4, 0.5) is 0 Å². The molecule has 5 heterocycles. The summed E-state index contributed by atoms with van der Waals surface area (Å²) in [7, 11) is 0. The molecule has 0 fully saturated rings. The first-order valence-corrected chi connectivity index (χ1v) is 10.1. The van der Waals surface area contributed by atoms with E-state index in [2.05, 4.69) is 96.9 Å². The lowest BCUT2D eigenvalue weighted by atomic mass is 9.85. The summed E-state index contributed by atoms with van der Waals surface area (Å²) in [4.78, 5) is 0. The van der Waals surface area contributed by atoms with Crippen molar-refractivity contribution in [2.45, 2.75) is 26.4 Å². The number of benzene rings is 2. The van der Waals surface area contributed by atoms with Gasteiger partial charge in [-0.25, -0.2) is 0 Å². The summed E-state index contributed by atoms with van der Waals surface area (Å²) in [5, 5.41) is 0. The Hall–Kier alpha value is -3.46. The molecule has 3 heteroatoms.